The summed E-state index contributed by atoms with van der Waals surface area (Å²) in [7, 11) is 1.54. The van der Waals surface area contributed by atoms with E-state index < -0.39 is 5.60 Å². The molecule has 0 fully saturated rings. The standard InChI is InChI=1S/C11H17NO2S/c1-11(2,14-3)10(13)12-6-4-9-5-7-15-8-9/h5,7-8H,4,6H2,1-3H3,(H,12,13). The predicted octanol–water partition coefficient (Wildman–Crippen LogP) is 1.83. The molecular weight excluding hydrogens is 210 g/mol. The van der Waals surface area contributed by atoms with Crippen molar-refractivity contribution in [2.45, 2.75) is 25.9 Å². The molecule has 0 aliphatic carbocycles. The molecule has 3 nitrogen and oxygen atoms in total. The van der Waals surface area contributed by atoms with E-state index in [0.29, 0.717) is 6.54 Å². The van der Waals surface area contributed by atoms with Crippen molar-refractivity contribution in [2.75, 3.05) is 13.7 Å². The van der Waals surface area contributed by atoms with Crippen LogP contribution >= 0.6 is 11.3 Å². The molecule has 1 heterocycles. The lowest BCUT2D eigenvalue weighted by atomic mass is 10.1. The third kappa shape index (κ3) is 3.64. The van der Waals surface area contributed by atoms with E-state index in [1.165, 1.54) is 5.56 Å². The lowest BCUT2D eigenvalue weighted by Crippen LogP contribution is -2.44. The molecule has 0 saturated carbocycles. The van der Waals surface area contributed by atoms with Gasteiger partial charge in [0.2, 0.25) is 0 Å². The van der Waals surface area contributed by atoms with Crippen LogP contribution in [0.1, 0.15) is 19.4 Å². The van der Waals surface area contributed by atoms with Gasteiger partial charge in [-0.15, -0.1) is 0 Å². The number of amides is 1. The number of ether oxygens (including phenoxy) is 1. The molecule has 1 aromatic rings. The van der Waals surface area contributed by atoms with Gasteiger partial charge in [-0.05, 0) is 42.7 Å². The van der Waals surface area contributed by atoms with E-state index in [1.807, 2.05) is 5.38 Å². The maximum Gasteiger partial charge on any atom is 0.251 e. The number of nitrogens with one attached hydrogen (secondary N) is 1. The van der Waals surface area contributed by atoms with Crippen molar-refractivity contribution >= 4 is 17.2 Å². The molecule has 4 heteroatoms. The summed E-state index contributed by atoms with van der Waals surface area (Å²) in [6.45, 7) is 4.17. The lowest BCUT2D eigenvalue weighted by molar-refractivity contribution is -0.139. The molecule has 1 amide bonds. The minimum atomic E-state index is -0.741. The van der Waals surface area contributed by atoms with Crippen molar-refractivity contribution < 1.29 is 9.53 Å². The highest BCUT2D eigenvalue weighted by Crippen LogP contribution is 2.08. The first-order valence-corrected chi connectivity index (χ1v) is 5.85. The predicted molar refractivity (Wildman–Crippen MR) is 62.1 cm³/mol. The van der Waals surface area contributed by atoms with Gasteiger partial charge in [0.25, 0.3) is 5.91 Å². The number of carbonyl (C=O) groups excluding carboxylic acids is 1. The Morgan fingerprint density at radius 1 is 1.60 bits per heavy atom. The van der Waals surface area contributed by atoms with Crippen molar-refractivity contribution in [1.29, 1.82) is 0 Å². The van der Waals surface area contributed by atoms with Crippen molar-refractivity contribution in [2.24, 2.45) is 0 Å². The Bertz CT molecular complexity index is 306. The highest BCUT2D eigenvalue weighted by atomic mass is 32.1. The number of hydrogen-bond acceptors (Lipinski definition) is 3. The SMILES string of the molecule is COC(C)(C)C(=O)NCCc1ccsc1. The monoisotopic (exact) mass is 227 g/mol. The molecule has 0 aromatic carbocycles. The van der Waals surface area contributed by atoms with Crippen LogP contribution in [0.25, 0.3) is 0 Å². The van der Waals surface area contributed by atoms with Crippen LogP contribution in [0, 0.1) is 0 Å². The van der Waals surface area contributed by atoms with E-state index >= 15 is 0 Å². The van der Waals surface area contributed by atoms with E-state index in [4.69, 9.17) is 4.74 Å². The van der Waals surface area contributed by atoms with Gasteiger partial charge < -0.3 is 10.1 Å². The first-order chi connectivity index (χ1) is 7.06. The number of rotatable bonds is 5. The summed E-state index contributed by atoms with van der Waals surface area (Å²) in [6, 6.07) is 2.07. The molecule has 0 bridgehead atoms. The van der Waals surface area contributed by atoms with Gasteiger partial charge >= 0.3 is 0 Å². The smallest absolute Gasteiger partial charge is 0.251 e. The second kappa shape index (κ2) is 5.28. The van der Waals surface area contributed by atoms with Crippen LogP contribution in [0.4, 0.5) is 0 Å². The summed E-state index contributed by atoms with van der Waals surface area (Å²) >= 11 is 1.67. The first kappa shape index (κ1) is 12.2. The maximum atomic E-state index is 11.6. The minimum absolute atomic E-state index is 0.0692. The Hall–Kier alpha value is -0.870. The molecular formula is C11H17NO2S. The molecule has 1 rings (SSSR count). The third-order valence-corrected chi connectivity index (χ3v) is 3.07. The average molecular weight is 227 g/mol. The zero-order valence-corrected chi connectivity index (χ0v) is 10.2. The van der Waals surface area contributed by atoms with Crippen LogP contribution in [-0.4, -0.2) is 25.2 Å². The van der Waals surface area contributed by atoms with Crippen LogP contribution in [0.2, 0.25) is 0 Å². The quantitative estimate of drug-likeness (QED) is 0.833. The Labute approximate surface area is 94.5 Å². The van der Waals surface area contributed by atoms with Gasteiger partial charge in [0, 0.05) is 13.7 Å². The second-order valence-electron chi connectivity index (χ2n) is 3.85. The average Bonchev–Trinajstić information content (AvgIpc) is 2.70. The molecule has 15 heavy (non-hydrogen) atoms. The number of thiophene rings is 1. The van der Waals surface area contributed by atoms with Crippen molar-refractivity contribution in [3.8, 4) is 0 Å². The van der Waals surface area contributed by atoms with Crippen LogP contribution < -0.4 is 5.32 Å². The Morgan fingerprint density at radius 3 is 2.87 bits per heavy atom. The zero-order chi connectivity index (χ0) is 11.3. The molecule has 84 valence electrons. The minimum Gasteiger partial charge on any atom is -0.369 e. The Balaban J connectivity index is 2.29. The summed E-state index contributed by atoms with van der Waals surface area (Å²) in [5.41, 5.74) is 0.518. The summed E-state index contributed by atoms with van der Waals surface area (Å²) in [5.74, 6) is -0.0692. The molecule has 0 radical (unpaired) electrons. The fourth-order valence-corrected chi connectivity index (χ4v) is 1.76. The van der Waals surface area contributed by atoms with Crippen LogP contribution in [0.3, 0.4) is 0 Å². The fourth-order valence-electron chi connectivity index (χ4n) is 1.06. The summed E-state index contributed by atoms with van der Waals surface area (Å²) < 4.78 is 5.08. The van der Waals surface area contributed by atoms with Crippen LogP contribution in [-0.2, 0) is 16.0 Å². The van der Waals surface area contributed by atoms with E-state index in [9.17, 15) is 4.79 Å². The van der Waals surface area contributed by atoms with Crippen molar-refractivity contribution in [3.05, 3.63) is 22.4 Å². The summed E-state index contributed by atoms with van der Waals surface area (Å²) in [4.78, 5) is 11.6. The molecule has 0 aliphatic rings. The molecule has 0 aliphatic heterocycles. The van der Waals surface area contributed by atoms with Crippen molar-refractivity contribution in [1.82, 2.24) is 5.32 Å². The van der Waals surface area contributed by atoms with Crippen molar-refractivity contribution in [3.63, 3.8) is 0 Å². The van der Waals surface area contributed by atoms with Gasteiger partial charge in [-0.3, -0.25) is 4.79 Å². The summed E-state index contributed by atoms with van der Waals surface area (Å²) in [5, 5.41) is 6.98. The molecule has 0 unspecified atom stereocenters. The van der Waals surface area contributed by atoms with Gasteiger partial charge in [0.1, 0.15) is 5.60 Å². The first-order valence-electron chi connectivity index (χ1n) is 4.91. The zero-order valence-electron chi connectivity index (χ0n) is 9.37. The summed E-state index contributed by atoms with van der Waals surface area (Å²) in [6.07, 6.45) is 0.870. The Morgan fingerprint density at radius 2 is 2.33 bits per heavy atom. The van der Waals surface area contributed by atoms with Gasteiger partial charge in [-0.25, -0.2) is 0 Å². The van der Waals surface area contributed by atoms with E-state index in [0.717, 1.165) is 6.42 Å². The number of methoxy groups -OCH3 is 1. The van der Waals surface area contributed by atoms with E-state index in [-0.39, 0.29) is 5.91 Å². The highest BCUT2D eigenvalue weighted by Gasteiger charge is 2.26. The molecule has 1 aromatic heterocycles. The maximum absolute atomic E-state index is 11.6. The van der Waals surface area contributed by atoms with Gasteiger partial charge in [0.15, 0.2) is 0 Å². The second-order valence-corrected chi connectivity index (χ2v) is 4.63. The van der Waals surface area contributed by atoms with Crippen LogP contribution in [0.5, 0.6) is 0 Å². The van der Waals surface area contributed by atoms with Gasteiger partial charge in [-0.1, -0.05) is 0 Å². The molecule has 0 spiro atoms. The number of carbonyl (C=O) groups is 1. The van der Waals surface area contributed by atoms with E-state index in [2.05, 4.69) is 16.8 Å². The van der Waals surface area contributed by atoms with E-state index in [1.54, 1.807) is 32.3 Å². The number of hydrogen-bond donors (Lipinski definition) is 1. The van der Waals surface area contributed by atoms with Gasteiger partial charge in [0.05, 0.1) is 0 Å². The van der Waals surface area contributed by atoms with Gasteiger partial charge in [-0.2, -0.15) is 11.3 Å². The Kier molecular flexibility index (Phi) is 4.29. The molecule has 0 saturated heterocycles. The topological polar surface area (TPSA) is 38.3 Å². The lowest BCUT2D eigenvalue weighted by Gasteiger charge is -2.21. The third-order valence-electron chi connectivity index (χ3n) is 2.34. The molecule has 0 atom stereocenters. The largest absolute Gasteiger partial charge is 0.369 e. The molecule has 1 N–H and O–H groups in total. The van der Waals surface area contributed by atoms with Crippen LogP contribution in [0.15, 0.2) is 16.8 Å². The highest BCUT2D eigenvalue weighted by molar-refractivity contribution is 7.07. The normalized spacial score (nSPS) is 11.4. The fraction of sp³-hybridized carbons (Fsp3) is 0.545.